The van der Waals surface area contributed by atoms with Crippen LogP contribution in [0, 0.1) is 0 Å². The number of piperidine rings is 1. The monoisotopic (exact) mass is 444 g/mol. The highest BCUT2D eigenvalue weighted by molar-refractivity contribution is 9.10. The van der Waals surface area contributed by atoms with Crippen LogP contribution >= 0.6 is 15.9 Å². The highest BCUT2D eigenvalue weighted by atomic mass is 79.9. The summed E-state index contributed by atoms with van der Waals surface area (Å²) in [5.41, 5.74) is 0.0397. The molecule has 0 aliphatic carbocycles. The van der Waals surface area contributed by atoms with Crippen LogP contribution in [0.25, 0.3) is 0 Å². The summed E-state index contributed by atoms with van der Waals surface area (Å²) in [6.45, 7) is 4.50. The molecule has 1 aliphatic rings. The lowest BCUT2D eigenvalue weighted by Crippen LogP contribution is -2.38. The molecule has 2 rings (SSSR count). The van der Waals surface area contributed by atoms with Gasteiger partial charge in [0.05, 0.1) is 10.5 Å². The Kier molecular flexibility index (Phi) is 7.36. The highest BCUT2D eigenvalue weighted by Crippen LogP contribution is 2.22. The van der Waals surface area contributed by atoms with Crippen LogP contribution in [-0.2, 0) is 19.6 Å². The van der Waals surface area contributed by atoms with Crippen molar-refractivity contribution in [1.29, 1.82) is 0 Å². The predicted octanol–water partition coefficient (Wildman–Crippen LogP) is 2.08. The first-order valence-electron chi connectivity index (χ1n) is 8.20. The number of likely N-dealkylation sites (tertiary alicyclic amines) is 1. The summed E-state index contributed by atoms with van der Waals surface area (Å²) in [6, 6.07) is 4.03. The number of sulfonamides is 1. The summed E-state index contributed by atoms with van der Waals surface area (Å²) < 4.78 is 32.1. The number of carbonyl (C=O) groups is 2. The van der Waals surface area contributed by atoms with Crippen LogP contribution < -0.4 is 4.72 Å². The molecule has 1 aliphatic heterocycles. The Labute approximate surface area is 161 Å². The van der Waals surface area contributed by atoms with Crippen LogP contribution in [0.5, 0.6) is 0 Å². The number of nitrogens with one attached hydrogen (secondary N) is 1. The highest BCUT2D eigenvalue weighted by Gasteiger charge is 2.21. The average molecular weight is 445 g/mol. The Balaban J connectivity index is 2.07. The van der Waals surface area contributed by atoms with Crippen LogP contribution in [0.4, 0.5) is 0 Å². The zero-order valence-electron chi connectivity index (χ0n) is 14.2. The molecule has 1 amide bonds. The van der Waals surface area contributed by atoms with Gasteiger partial charge in [-0.05, 0) is 53.4 Å². The van der Waals surface area contributed by atoms with Crippen LogP contribution in [0.15, 0.2) is 40.2 Å². The fraction of sp³-hybridized carbons (Fsp3) is 0.412. The minimum absolute atomic E-state index is 0.0397. The maximum Gasteiger partial charge on any atom is 0.339 e. The van der Waals surface area contributed by atoms with Gasteiger partial charge in [-0.3, -0.25) is 4.79 Å². The van der Waals surface area contributed by atoms with Crippen LogP contribution in [-0.4, -0.2) is 51.4 Å². The fourth-order valence-electron chi connectivity index (χ4n) is 2.52. The molecule has 0 saturated carbocycles. The second-order valence-electron chi connectivity index (χ2n) is 5.80. The average Bonchev–Trinajstić information content (AvgIpc) is 2.65. The van der Waals surface area contributed by atoms with E-state index in [0.717, 1.165) is 19.3 Å². The molecule has 0 atom stereocenters. The maximum absolute atomic E-state index is 12.3. The summed E-state index contributed by atoms with van der Waals surface area (Å²) >= 11 is 3.21. The van der Waals surface area contributed by atoms with E-state index >= 15 is 0 Å². The van der Waals surface area contributed by atoms with Crippen molar-refractivity contribution >= 4 is 37.8 Å². The van der Waals surface area contributed by atoms with E-state index in [2.05, 4.69) is 27.2 Å². The van der Waals surface area contributed by atoms with Gasteiger partial charge in [-0.25, -0.2) is 17.9 Å². The molecule has 26 heavy (non-hydrogen) atoms. The van der Waals surface area contributed by atoms with Crippen molar-refractivity contribution in [2.24, 2.45) is 0 Å². The third kappa shape index (κ3) is 5.39. The Morgan fingerprint density at radius 3 is 2.62 bits per heavy atom. The number of benzene rings is 1. The van der Waals surface area contributed by atoms with E-state index in [-0.39, 0.29) is 29.5 Å². The van der Waals surface area contributed by atoms with E-state index in [1.807, 2.05) is 0 Å². The van der Waals surface area contributed by atoms with Crippen molar-refractivity contribution in [2.45, 2.75) is 24.2 Å². The fourth-order valence-corrected chi connectivity index (χ4v) is 3.95. The van der Waals surface area contributed by atoms with Crippen molar-refractivity contribution < 1.29 is 22.7 Å². The van der Waals surface area contributed by atoms with Crippen molar-refractivity contribution in [2.75, 3.05) is 26.2 Å². The molecule has 1 aromatic carbocycles. The number of halogens is 1. The first-order valence-corrected chi connectivity index (χ1v) is 10.5. The van der Waals surface area contributed by atoms with Gasteiger partial charge in [-0.15, -0.1) is 6.58 Å². The van der Waals surface area contributed by atoms with Crippen LogP contribution in [0.1, 0.15) is 29.6 Å². The van der Waals surface area contributed by atoms with Crippen molar-refractivity contribution in [3.63, 3.8) is 0 Å². The zero-order chi connectivity index (χ0) is 19.2. The second kappa shape index (κ2) is 9.29. The molecule has 0 aromatic heterocycles. The number of esters is 1. The topological polar surface area (TPSA) is 92.8 Å². The lowest BCUT2D eigenvalue weighted by molar-refractivity contribution is -0.135. The smallest absolute Gasteiger partial charge is 0.339 e. The number of amides is 1. The van der Waals surface area contributed by atoms with E-state index in [0.29, 0.717) is 17.6 Å². The lowest BCUT2D eigenvalue weighted by Gasteiger charge is -2.26. The molecule has 142 valence electrons. The first-order chi connectivity index (χ1) is 12.3. The molecule has 1 aromatic rings. The zero-order valence-corrected chi connectivity index (χ0v) is 16.6. The minimum atomic E-state index is -3.77. The summed E-state index contributed by atoms with van der Waals surface area (Å²) in [5.74, 6) is -1.01. The third-order valence-corrected chi connectivity index (χ3v) is 6.03. The summed E-state index contributed by atoms with van der Waals surface area (Å²) in [4.78, 5) is 26.0. The summed E-state index contributed by atoms with van der Waals surface area (Å²) in [5, 5.41) is 0. The van der Waals surface area contributed by atoms with Gasteiger partial charge < -0.3 is 9.64 Å². The van der Waals surface area contributed by atoms with Crippen LogP contribution in [0.2, 0.25) is 0 Å². The molecule has 0 spiro atoms. The molecular weight excluding hydrogens is 424 g/mol. The molecule has 0 bridgehead atoms. The summed E-state index contributed by atoms with van der Waals surface area (Å²) in [7, 11) is -3.77. The van der Waals surface area contributed by atoms with E-state index in [1.165, 1.54) is 24.3 Å². The van der Waals surface area contributed by atoms with Crippen LogP contribution in [0.3, 0.4) is 0 Å². The second-order valence-corrected chi connectivity index (χ2v) is 8.42. The number of ether oxygens (including phenoxy) is 1. The number of nitrogens with zero attached hydrogens (tertiary/aromatic N) is 1. The minimum Gasteiger partial charge on any atom is -0.452 e. The third-order valence-electron chi connectivity index (χ3n) is 3.92. The van der Waals surface area contributed by atoms with Gasteiger partial charge in [-0.2, -0.15) is 0 Å². The van der Waals surface area contributed by atoms with Gasteiger partial charge in [0.15, 0.2) is 6.61 Å². The maximum atomic E-state index is 12.3. The predicted molar refractivity (Wildman–Crippen MR) is 100 cm³/mol. The van der Waals surface area contributed by atoms with Gasteiger partial charge in [0.25, 0.3) is 5.91 Å². The molecule has 1 saturated heterocycles. The quantitative estimate of drug-likeness (QED) is 0.513. The molecule has 0 unspecified atom stereocenters. The number of rotatable bonds is 7. The molecule has 1 N–H and O–H groups in total. The summed E-state index contributed by atoms with van der Waals surface area (Å²) in [6.07, 6.45) is 4.40. The Bertz CT molecular complexity index is 788. The van der Waals surface area contributed by atoms with Gasteiger partial charge in [0.2, 0.25) is 10.0 Å². The molecule has 9 heteroatoms. The van der Waals surface area contributed by atoms with Gasteiger partial charge in [0, 0.05) is 24.1 Å². The van der Waals surface area contributed by atoms with E-state index in [9.17, 15) is 18.0 Å². The number of hydrogen-bond acceptors (Lipinski definition) is 5. The molecule has 1 fully saturated rings. The molecule has 0 radical (unpaired) electrons. The van der Waals surface area contributed by atoms with Crippen molar-refractivity contribution in [1.82, 2.24) is 9.62 Å². The van der Waals surface area contributed by atoms with E-state index in [4.69, 9.17) is 4.74 Å². The van der Waals surface area contributed by atoms with Gasteiger partial charge >= 0.3 is 5.97 Å². The Morgan fingerprint density at radius 1 is 1.27 bits per heavy atom. The normalized spacial score (nSPS) is 14.7. The first kappa shape index (κ1) is 20.6. The van der Waals surface area contributed by atoms with E-state index in [1.54, 1.807) is 4.90 Å². The van der Waals surface area contributed by atoms with Gasteiger partial charge in [0.1, 0.15) is 0 Å². The largest absolute Gasteiger partial charge is 0.452 e. The van der Waals surface area contributed by atoms with Crippen molar-refractivity contribution in [3.05, 3.63) is 40.9 Å². The number of carbonyl (C=O) groups excluding carboxylic acids is 2. The lowest BCUT2D eigenvalue weighted by atomic mass is 10.1. The molecule has 7 nitrogen and oxygen atoms in total. The SMILES string of the molecule is C=CCNS(=O)(=O)c1ccc(Br)c(C(=O)OCC(=O)N2CCCCC2)c1. The van der Waals surface area contributed by atoms with Crippen molar-refractivity contribution in [3.8, 4) is 0 Å². The molecular formula is C17H21BrN2O5S. The molecule has 1 heterocycles. The Morgan fingerprint density at radius 2 is 1.96 bits per heavy atom. The van der Waals surface area contributed by atoms with Gasteiger partial charge in [-0.1, -0.05) is 6.08 Å². The van der Waals surface area contributed by atoms with E-state index < -0.39 is 16.0 Å². The Hall–Kier alpha value is -1.71. The standard InChI is InChI=1S/C17H21BrN2O5S/c1-2-8-19-26(23,24)13-6-7-15(18)14(11-13)17(22)25-12-16(21)20-9-4-3-5-10-20/h2,6-7,11,19H,1,3-5,8-10,12H2. The number of hydrogen-bond donors (Lipinski definition) is 1.